The van der Waals surface area contributed by atoms with Gasteiger partial charge in [0.15, 0.2) is 0 Å². The summed E-state index contributed by atoms with van der Waals surface area (Å²) in [5.74, 6) is -0.132. The lowest BCUT2D eigenvalue weighted by Crippen LogP contribution is -2.67. The van der Waals surface area contributed by atoms with Crippen LogP contribution < -0.4 is 10.4 Å². The number of carbonyl (C=O) groups is 2. The van der Waals surface area contributed by atoms with Crippen LogP contribution in [-0.4, -0.2) is 133 Å². The molecule has 10 rings (SSSR count). The predicted octanol–water partition coefficient (Wildman–Crippen LogP) is 14.2. The standard InChI is InChI=1S/C50H74N4O4Si3.C22H28N4O2/c1-38(35-58-61(49(2,3)4,41-20-16-14-17-21-41)42-22-18-15-19-23-42)52(7)48(55)40-25-24-39-32-45(53(44(39)33-40)36-56-28-30-59(8,9)10)47-43-26-27-50(5,6)34-46(43)54(51-47)37-57-29-31-60(11,12)13;1-13(12-27)26(4)21(28)15-6-5-14-9-18(23-17(14)10-15)20-16-7-8-22(2,3)11-19(16)24-25-20/h14-25,32-33,38H,26-31,34-37H2,1-13H3;5-6,9-10,13,23,27H,7-8,11-12H2,1-4H3,(H,24,25). The number of hydrogen-bond donors (Lipinski definition) is 3. The highest BCUT2D eigenvalue weighted by atomic mass is 28.4. The van der Waals surface area contributed by atoms with Gasteiger partial charge in [-0.1, -0.05) is 161 Å². The Bertz CT molecular complexity index is 3690. The van der Waals surface area contributed by atoms with E-state index in [1.807, 2.05) is 43.1 Å². The zero-order valence-electron chi connectivity index (χ0n) is 56.6. The molecule has 17 heteroatoms. The molecule has 2 aliphatic rings. The molecule has 2 amide bonds. The molecule has 0 radical (unpaired) electrons. The van der Waals surface area contributed by atoms with E-state index in [0.717, 1.165) is 102 Å². The van der Waals surface area contributed by atoms with Gasteiger partial charge in [0.1, 0.15) is 24.8 Å². The Balaban J connectivity index is 0.000000278. The minimum atomic E-state index is -2.77. The summed E-state index contributed by atoms with van der Waals surface area (Å²) >= 11 is 0. The molecule has 4 heterocycles. The number of aromatic nitrogens is 6. The van der Waals surface area contributed by atoms with E-state index < -0.39 is 24.5 Å². The van der Waals surface area contributed by atoms with E-state index in [1.54, 1.807) is 11.9 Å². The SMILES string of the molecule is CC(CO)N(C)C(=O)c1ccc2cc(-c3n[nH]c4c3CCC(C)(C)C4)[nH]c2c1.CC(CO[Si](c1ccccc1)(c1ccccc1)C(C)(C)C)N(C)C(=O)c1ccc2cc(-c3nn(COCC[Si](C)(C)C)c4c3CCC(C)(C)C4)n(COCC[Si](C)(C)C)c2c1. The van der Waals surface area contributed by atoms with Crippen LogP contribution in [0.1, 0.15) is 118 Å². The molecule has 2 aliphatic carbocycles. The molecule has 0 saturated carbocycles. The number of H-pyrrole nitrogens is 2. The third kappa shape index (κ3) is 15.4. The highest BCUT2D eigenvalue weighted by molar-refractivity contribution is 6.99. The van der Waals surface area contributed by atoms with Crippen LogP contribution in [0.5, 0.6) is 0 Å². The molecule has 0 aliphatic heterocycles. The van der Waals surface area contributed by atoms with Gasteiger partial charge in [-0.25, -0.2) is 4.68 Å². The van der Waals surface area contributed by atoms with Crippen molar-refractivity contribution in [1.29, 1.82) is 0 Å². The molecule has 8 aromatic rings. The molecule has 4 aromatic carbocycles. The van der Waals surface area contributed by atoms with E-state index >= 15 is 0 Å². The zero-order chi connectivity index (χ0) is 64.4. The average Bonchev–Trinajstić information content (AvgIpc) is 1.96. The van der Waals surface area contributed by atoms with Gasteiger partial charge in [-0.3, -0.25) is 14.7 Å². The normalized spacial score (nSPS) is 15.7. The van der Waals surface area contributed by atoms with Gasteiger partial charge in [0.2, 0.25) is 0 Å². The lowest BCUT2D eigenvalue weighted by Gasteiger charge is -2.44. The number of aliphatic hydroxyl groups is 1. The summed E-state index contributed by atoms with van der Waals surface area (Å²) in [7, 11) is -1.68. The van der Waals surface area contributed by atoms with E-state index in [9.17, 15) is 14.7 Å². The Morgan fingerprint density at radius 3 is 1.82 bits per heavy atom. The molecule has 89 heavy (non-hydrogen) atoms. The second kappa shape index (κ2) is 26.9. The van der Waals surface area contributed by atoms with Crippen molar-refractivity contribution in [2.45, 2.75) is 183 Å². The van der Waals surface area contributed by atoms with Gasteiger partial charge in [0.05, 0.1) is 42.2 Å². The number of aromatic amines is 2. The number of ether oxygens (including phenoxy) is 2. The van der Waals surface area contributed by atoms with Gasteiger partial charge >= 0.3 is 0 Å². The number of benzene rings is 4. The number of carbonyl (C=O) groups excluding carboxylic acids is 2. The number of hydrogen-bond acceptors (Lipinski definition) is 8. The fraction of sp³-hybridized carbons (Fsp3) is 0.500. The topological polar surface area (TPSA) is 156 Å². The third-order valence-electron chi connectivity index (χ3n) is 18.7. The number of nitrogens with one attached hydrogen (secondary N) is 2. The third-order valence-corrected chi connectivity index (χ3v) is 27.1. The molecule has 0 bridgehead atoms. The number of fused-ring (bicyclic) bond motifs is 4. The summed E-state index contributed by atoms with van der Waals surface area (Å²) < 4.78 is 24.5. The molecular weight excluding hydrogens is 1160 g/mol. The van der Waals surface area contributed by atoms with Crippen molar-refractivity contribution in [2.75, 3.05) is 40.5 Å². The van der Waals surface area contributed by atoms with E-state index in [1.165, 1.54) is 32.9 Å². The minimum Gasteiger partial charge on any atom is -0.405 e. The van der Waals surface area contributed by atoms with Crippen molar-refractivity contribution >= 4 is 68.5 Å². The van der Waals surface area contributed by atoms with Crippen molar-refractivity contribution in [1.82, 2.24) is 39.3 Å². The molecule has 14 nitrogen and oxygen atoms in total. The molecule has 3 N–H and O–H groups in total. The van der Waals surface area contributed by atoms with Crippen molar-refractivity contribution < 1.29 is 28.6 Å². The maximum atomic E-state index is 14.5. The first kappa shape index (κ1) is 67.2. The Labute approximate surface area is 533 Å². The largest absolute Gasteiger partial charge is 0.405 e. The smallest absolute Gasteiger partial charge is 0.261 e. The average molecular weight is 1260 g/mol. The minimum absolute atomic E-state index is 0.0336. The fourth-order valence-electron chi connectivity index (χ4n) is 12.6. The van der Waals surface area contributed by atoms with E-state index in [0.29, 0.717) is 43.2 Å². The molecule has 4 aromatic heterocycles. The number of likely N-dealkylation sites (N-methyl/N-ethyl adjacent to an activating group) is 2. The molecule has 0 spiro atoms. The van der Waals surface area contributed by atoms with Crippen LogP contribution in [-0.2, 0) is 53.0 Å². The van der Waals surface area contributed by atoms with Gasteiger partial charge < -0.3 is 38.4 Å². The molecule has 0 saturated heterocycles. The van der Waals surface area contributed by atoms with Crippen molar-refractivity contribution in [3.8, 4) is 22.8 Å². The fourth-order valence-corrected chi connectivity index (χ4v) is 18.8. The highest BCUT2D eigenvalue weighted by Gasteiger charge is 2.50. The van der Waals surface area contributed by atoms with Crippen LogP contribution in [0, 0.1) is 10.8 Å². The number of aliphatic hydroxyl groups excluding tert-OH is 1. The van der Waals surface area contributed by atoms with Crippen molar-refractivity contribution in [3.63, 3.8) is 0 Å². The summed E-state index contributed by atoms with van der Waals surface area (Å²) in [6, 6.07) is 39.3. The van der Waals surface area contributed by atoms with E-state index in [4.69, 9.17) is 19.0 Å². The number of nitrogens with zero attached hydrogens (tertiary/aromatic N) is 6. The van der Waals surface area contributed by atoms with Gasteiger partial charge in [-0.2, -0.15) is 10.2 Å². The molecule has 2 unspecified atom stereocenters. The summed E-state index contributed by atoms with van der Waals surface area (Å²) in [6.07, 6.45) is 6.22. The Morgan fingerprint density at radius 1 is 0.685 bits per heavy atom. The van der Waals surface area contributed by atoms with Crippen LogP contribution in [0.15, 0.2) is 109 Å². The monoisotopic (exact) mass is 1260 g/mol. The molecule has 2 atom stereocenters. The summed E-state index contributed by atoms with van der Waals surface area (Å²) in [6.45, 7) is 37.1. The van der Waals surface area contributed by atoms with Crippen LogP contribution >= 0.6 is 0 Å². The Hall–Kier alpha value is -6.19. The Morgan fingerprint density at radius 2 is 1.24 bits per heavy atom. The summed E-state index contributed by atoms with van der Waals surface area (Å²) in [5.41, 5.74) is 12.8. The van der Waals surface area contributed by atoms with Crippen molar-refractivity contribution in [2.24, 2.45) is 10.8 Å². The van der Waals surface area contributed by atoms with Gasteiger partial charge in [0, 0.05) is 93.4 Å². The molecule has 478 valence electrons. The maximum absolute atomic E-state index is 14.5. The lowest BCUT2D eigenvalue weighted by atomic mass is 9.76. The van der Waals surface area contributed by atoms with Crippen LogP contribution in [0.4, 0.5) is 0 Å². The number of amides is 2. The maximum Gasteiger partial charge on any atom is 0.261 e. The number of rotatable bonds is 22. The first-order valence-corrected chi connectivity index (χ1v) is 41.7. The first-order valence-electron chi connectivity index (χ1n) is 32.4. The van der Waals surface area contributed by atoms with E-state index in [-0.39, 0.29) is 41.0 Å². The lowest BCUT2D eigenvalue weighted by molar-refractivity contribution is 0.0679. The molecular formula is C72H102N8O6Si3. The van der Waals surface area contributed by atoms with Gasteiger partial charge in [-0.15, -0.1) is 0 Å². The van der Waals surface area contributed by atoms with Crippen LogP contribution in [0.3, 0.4) is 0 Å². The van der Waals surface area contributed by atoms with E-state index in [2.05, 4.69) is 204 Å². The second-order valence-corrected chi connectivity index (χ2v) is 46.1. The highest BCUT2D eigenvalue weighted by Crippen LogP contribution is 2.42. The zero-order valence-corrected chi connectivity index (χ0v) is 59.6. The predicted molar refractivity (Wildman–Crippen MR) is 373 cm³/mol. The Kier molecular flexibility index (Phi) is 20.3. The van der Waals surface area contributed by atoms with Crippen LogP contribution in [0.25, 0.3) is 44.6 Å². The molecule has 0 fully saturated rings. The summed E-state index contributed by atoms with van der Waals surface area (Å²) in [4.78, 5) is 34.0. The van der Waals surface area contributed by atoms with Gasteiger partial charge in [0.25, 0.3) is 20.1 Å². The first-order chi connectivity index (χ1) is 41.9. The van der Waals surface area contributed by atoms with Gasteiger partial charge in [-0.05, 0) is 127 Å². The second-order valence-electron chi connectivity index (χ2n) is 30.6. The van der Waals surface area contributed by atoms with Crippen molar-refractivity contribution in [3.05, 3.63) is 143 Å². The van der Waals surface area contributed by atoms with Crippen LogP contribution in [0.2, 0.25) is 56.4 Å². The quantitative estimate of drug-likeness (QED) is 0.0447. The summed E-state index contributed by atoms with van der Waals surface area (Å²) in [5, 5.41) is 26.9.